The van der Waals surface area contributed by atoms with E-state index in [4.69, 9.17) is 19.5 Å². The molecule has 0 saturated carbocycles. The summed E-state index contributed by atoms with van der Waals surface area (Å²) >= 11 is 0. The number of amides is 1. The average molecular weight is 388 g/mol. The molecule has 0 heterocycles. The number of rotatable bonds is 7. The highest BCUT2D eigenvalue weighted by atomic mass is 16.5. The third-order valence-electron chi connectivity index (χ3n) is 4.21. The Labute approximate surface area is 169 Å². The number of carbonyl (C=O) groups is 1. The van der Waals surface area contributed by atoms with Crippen LogP contribution >= 0.6 is 0 Å². The summed E-state index contributed by atoms with van der Waals surface area (Å²) in [5.74, 6) is 1.45. The number of carbonyl (C=O) groups excluding carboxylic acids is 1. The summed E-state index contributed by atoms with van der Waals surface area (Å²) in [6.45, 7) is -0.129. The van der Waals surface area contributed by atoms with E-state index in [0.717, 1.165) is 11.1 Å². The fraction of sp³-hybridized carbons (Fsp3) is 0.130. The fourth-order valence-corrected chi connectivity index (χ4v) is 2.71. The lowest BCUT2D eigenvalue weighted by Gasteiger charge is -2.11. The molecule has 6 heteroatoms. The van der Waals surface area contributed by atoms with Gasteiger partial charge in [-0.05, 0) is 35.4 Å². The van der Waals surface area contributed by atoms with Crippen molar-refractivity contribution in [1.82, 2.24) is 0 Å². The first kappa shape index (κ1) is 19.8. The largest absolute Gasteiger partial charge is 0.497 e. The van der Waals surface area contributed by atoms with Gasteiger partial charge in [-0.2, -0.15) is 5.26 Å². The van der Waals surface area contributed by atoms with Crippen molar-refractivity contribution in [2.75, 3.05) is 26.1 Å². The molecule has 3 aromatic carbocycles. The Kier molecular flexibility index (Phi) is 6.33. The number of ether oxygens (including phenoxy) is 3. The molecule has 6 nitrogen and oxygen atoms in total. The standard InChI is InChI=1S/C23H20N2O4/c1-27-21-11-19(12-22(13-21)28-2)25-23(26)15-29-20-9-7-18(8-10-20)17-5-3-16(14-24)4-6-17/h3-13H,15H2,1-2H3,(H,25,26). The highest BCUT2D eigenvalue weighted by Gasteiger charge is 2.08. The monoisotopic (exact) mass is 388 g/mol. The van der Waals surface area contributed by atoms with Crippen LogP contribution in [-0.4, -0.2) is 26.7 Å². The smallest absolute Gasteiger partial charge is 0.262 e. The molecule has 1 amide bonds. The predicted molar refractivity (Wildman–Crippen MR) is 110 cm³/mol. The van der Waals surface area contributed by atoms with E-state index in [9.17, 15) is 4.79 Å². The highest BCUT2D eigenvalue weighted by Crippen LogP contribution is 2.26. The zero-order valence-electron chi connectivity index (χ0n) is 16.1. The van der Waals surface area contributed by atoms with Gasteiger partial charge in [0.15, 0.2) is 6.61 Å². The van der Waals surface area contributed by atoms with Gasteiger partial charge in [0.25, 0.3) is 5.91 Å². The zero-order valence-corrected chi connectivity index (χ0v) is 16.1. The highest BCUT2D eigenvalue weighted by molar-refractivity contribution is 5.92. The van der Waals surface area contributed by atoms with Gasteiger partial charge in [-0.15, -0.1) is 0 Å². The Morgan fingerprint density at radius 2 is 1.41 bits per heavy atom. The molecule has 0 aliphatic heterocycles. The summed E-state index contributed by atoms with van der Waals surface area (Å²) in [4.78, 5) is 12.2. The lowest BCUT2D eigenvalue weighted by atomic mass is 10.0. The van der Waals surface area contributed by atoms with Gasteiger partial charge in [0.2, 0.25) is 0 Å². The third kappa shape index (κ3) is 5.27. The molecule has 0 aliphatic carbocycles. The number of anilines is 1. The van der Waals surface area contributed by atoms with Crippen LogP contribution in [0.1, 0.15) is 5.56 Å². The van der Waals surface area contributed by atoms with Gasteiger partial charge in [0, 0.05) is 23.9 Å². The molecule has 146 valence electrons. The molecule has 0 unspecified atom stereocenters. The van der Waals surface area contributed by atoms with Crippen molar-refractivity contribution >= 4 is 11.6 Å². The molecular weight excluding hydrogens is 368 g/mol. The summed E-state index contributed by atoms with van der Waals surface area (Å²) in [6.07, 6.45) is 0. The SMILES string of the molecule is COc1cc(NC(=O)COc2ccc(-c3ccc(C#N)cc3)cc2)cc(OC)c1. The first-order valence-electron chi connectivity index (χ1n) is 8.87. The van der Waals surface area contributed by atoms with Gasteiger partial charge in [0.05, 0.1) is 25.9 Å². The Balaban J connectivity index is 1.58. The molecule has 0 bridgehead atoms. The number of nitriles is 1. The van der Waals surface area contributed by atoms with Crippen molar-refractivity contribution < 1.29 is 19.0 Å². The van der Waals surface area contributed by atoms with E-state index in [2.05, 4.69) is 11.4 Å². The number of hydrogen-bond acceptors (Lipinski definition) is 5. The minimum atomic E-state index is -0.295. The Morgan fingerprint density at radius 1 is 0.862 bits per heavy atom. The number of nitrogens with zero attached hydrogens (tertiary/aromatic N) is 1. The van der Waals surface area contributed by atoms with Crippen LogP contribution in [0.3, 0.4) is 0 Å². The Bertz CT molecular complexity index is 1000. The first-order valence-corrected chi connectivity index (χ1v) is 8.87. The maximum atomic E-state index is 12.2. The van der Waals surface area contributed by atoms with Crippen LogP contribution in [-0.2, 0) is 4.79 Å². The first-order chi connectivity index (χ1) is 14.1. The van der Waals surface area contributed by atoms with Crippen molar-refractivity contribution in [1.29, 1.82) is 5.26 Å². The predicted octanol–water partition coefficient (Wildman–Crippen LogP) is 4.26. The molecule has 3 aromatic rings. The lowest BCUT2D eigenvalue weighted by molar-refractivity contribution is -0.118. The molecule has 0 fully saturated rings. The van der Waals surface area contributed by atoms with Crippen molar-refractivity contribution in [3.63, 3.8) is 0 Å². The Morgan fingerprint density at radius 3 is 1.93 bits per heavy atom. The maximum absolute atomic E-state index is 12.2. The maximum Gasteiger partial charge on any atom is 0.262 e. The fourth-order valence-electron chi connectivity index (χ4n) is 2.71. The van der Waals surface area contributed by atoms with E-state index in [0.29, 0.717) is 28.5 Å². The number of benzene rings is 3. The van der Waals surface area contributed by atoms with E-state index in [1.165, 1.54) is 0 Å². The molecule has 0 spiro atoms. The van der Waals surface area contributed by atoms with E-state index >= 15 is 0 Å². The van der Waals surface area contributed by atoms with Crippen molar-refractivity contribution in [3.05, 3.63) is 72.3 Å². The van der Waals surface area contributed by atoms with Crippen LogP contribution in [0, 0.1) is 11.3 Å². The molecular formula is C23H20N2O4. The molecule has 0 aromatic heterocycles. The average Bonchev–Trinajstić information content (AvgIpc) is 2.77. The van der Waals surface area contributed by atoms with Crippen molar-refractivity contribution in [2.45, 2.75) is 0 Å². The van der Waals surface area contributed by atoms with Gasteiger partial charge in [-0.25, -0.2) is 0 Å². The van der Waals surface area contributed by atoms with Crippen LogP contribution < -0.4 is 19.5 Å². The van der Waals surface area contributed by atoms with Crippen LogP contribution in [0.5, 0.6) is 17.2 Å². The third-order valence-corrected chi connectivity index (χ3v) is 4.21. The molecule has 0 saturated heterocycles. The Hall–Kier alpha value is -3.98. The van der Waals surface area contributed by atoms with Gasteiger partial charge in [0.1, 0.15) is 17.2 Å². The normalized spacial score (nSPS) is 9.97. The lowest BCUT2D eigenvalue weighted by Crippen LogP contribution is -2.20. The minimum absolute atomic E-state index is 0.129. The van der Waals surface area contributed by atoms with Gasteiger partial charge in [-0.1, -0.05) is 24.3 Å². The summed E-state index contributed by atoms with van der Waals surface area (Å²) in [6, 6.07) is 22.0. The van der Waals surface area contributed by atoms with Gasteiger partial charge < -0.3 is 19.5 Å². The van der Waals surface area contributed by atoms with E-state index in [1.54, 1.807) is 56.7 Å². The molecule has 0 atom stereocenters. The second-order valence-electron chi connectivity index (χ2n) is 6.15. The van der Waals surface area contributed by atoms with Gasteiger partial charge >= 0.3 is 0 Å². The van der Waals surface area contributed by atoms with E-state index in [-0.39, 0.29) is 12.5 Å². The second-order valence-corrected chi connectivity index (χ2v) is 6.15. The number of nitrogens with one attached hydrogen (secondary N) is 1. The minimum Gasteiger partial charge on any atom is -0.497 e. The summed E-state index contributed by atoms with van der Waals surface area (Å²) in [5, 5.41) is 11.6. The zero-order chi connectivity index (χ0) is 20.6. The van der Waals surface area contributed by atoms with Gasteiger partial charge in [-0.3, -0.25) is 4.79 Å². The van der Waals surface area contributed by atoms with Crippen LogP contribution in [0.15, 0.2) is 66.7 Å². The molecule has 29 heavy (non-hydrogen) atoms. The van der Waals surface area contributed by atoms with Crippen LogP contribution in [0.25, 0.3) is 11.1 Å². The van der Waals surface area contributed by atoms with E-state index < -0.39 is 0 Å². The molecule has 3 rings (SSSR count). The molecule has 0 aliphatic rings. The van der Waals surface area contributed by atoms with Crippen molar-refractivity contribution in [2.24, 2.45) is 0 Å². The number of methoxy groups -OCH3 is 2. The molecule has 0 radical (unpaired) electrons. The van der Waals surface area contributed by atoms with Crippen molar-refractivity contribution in [3.8, 4) is 34.4 Å². The topological polar surface area (TPSA) is 80.6 Å². The van der Waals surface area contributed by atoms with Crippen LogP contribution in [0.2, 0.25) is 0 Å². The quantitative estimate of drug-likeness (QED) is 0.654. The molecule has 1 N–H and O–H groups in total. The van der Waals surface area contributed by atoms with Crippen LogP contribution in [0.4, 0.5) is 5.69 Å². The number of hydrogen-bond donors (Lipinski definition) is 1. The second kappa shape index (κ2) is 9.29. The summed E-state index contributed by atoms with van der Waals surface area (Å²) in [5.41, 5.74) is 3.18. The summed E-state index contributed by atoms with van der Waals surface area (Å²) < 4.78 is 15.9. The van der Waals surface area contributed by atoms with E-state index in [1.807, 2.05) is 24.3 Å². The summed E-state index contributed by atoms with van der Waals surface area (Å²) in [7, 11) is 3.09.